The Kier molecular flexibility index (Phi) is 7.14. The number of aromatic nitrogens is 3. The molecule has 0 aliphatic rings. The van der Waals surface area contributed by atoms with Crippen LogP contribution in [0.1, 0.15) is 17.0 Å². The standard InChI is InChI=1S/C25H24FN3O3S/c1-17-13-22(30-2)23(31-3)14-18(17)16-33-25-28-27-24(29(25)19-9-5-4-6-10-19)15-32-21-12-8-7-11-20(21)26/h4-14H,15-16H2,1-3H3. The molecule has 0 unspecified atom stereocenters. The molecule has 0 fully saturated rings. The summed E-state index contributed by atoms with van der Waals surface area (Å²) in [5, 5.41) is 9.44. The zero-order valence-corrected chi connectivity index (χ0v) is 19.4. The Bertz CT molecular complexity index is 1230. The van der Waals surface area contributed by atoms with E-state index < -0.39 is 5.82 Å². The van der Waals surface area contributed by atoms with E-state index >= 15 is 0 Å². The topological polar surface area (TPSA) is 58.4 Å². The molecule has 0 radical (unpaired) electrons. The van der Waals surface area contributed by atoms with Crippen LogP contribution in [0.3, 0.4) is 0 Å². The molecule has 0 amide bonds. The third kappa shape index (κ3) is 5.12. The molecule has 170 valence electrons. The molecule has 0 atom stereocenters. The van der Waals surface area contributed by atoms with E-state index in [2.05, 4.69) is 10.2 Å². The molecule has 4 aromatic rings. The number of para-hydroxylation sites is 2. The van der Waals surface area contributed by atoms with Crippen molar-refractivity contribution in [1.82, 2.24) is 14.8 Å². The average molecular weight is 466 g/mol. The van der Waals surface area contributed by atoms with Crippen LogP contribution in [-0.2, 0) is 12.4 Å². The lowest BCUT2D eigenvalue weighted by molar-refractivity contribution is 0.278. The molecular weight excluding hydrogens is 441 g/mol. The Morgan fingerprint density at radius 1 is 0.879 bits per heavy atom. The first-order valence-corrected chi connectivity index (χ1v) is 11.3. The maximum atomic E-state index is 14.0. The van der Waals surface area contributed by atoms with Gasteiger partial charge < -0.3 is 14.2 Å². The highest BCUT2D eigenvalue weighted by molar-refractivity contribution is 7.98. The van der Waals surface area contributed by atoms with E-state index in [4.69, 9.17) is 14.2 Å². The van der Waals surface area contributed by atoms with E-state index in [0.717, 1.165) is 16.8 Å². The molecule has 1 heterocycles. The minimum absolute atomic E-state index is 0.0821. The summed E-state index contributed by atoms with van der Waals surface area (Å²) in [6, 6.07) is 20.0. The molecule has 6 nitrogen and oxygen atoms in total. The summed E-state index contributed by atoms with van der Waals surface area (Å²) in [6.45, 7) is 2.12. The highest BCUT2D eigenvalue weighted by atomic mass is 32.2. The van der Waals surface area contributed by atoms with Crippen molar-refractivity contribution in [3.8, 4) is 22.9 Å². The van der Waals surface area contributed by atoms with E-state index in [-0.39, 0.29) is 12.4 Å². The predicted octanol–water partition coefficient (Wildman–Crippen LogP) is 5.60. The van der Waals surface area contributed by atoms with Crippen molar-refractivity contribution < 1.29 is 18.6 Å². The van der Waals surface area contributed by atoms with Gasteiger partial charge in [0.1, 0.15) is 6.61 Å². The number of rotatable bonds is 9. The maximum absolute atomic E-state index is 14.0. The van der Waals surface area contributed by atoms with Crippen LogP contribution in [0.5, 0.6) is 17.2 Å². The van der Waals surface area contributed by atoms with Crippen molar-refractivity contribution in [3.05, 3.63) is 89.5 Å². The normalized spacial score (nSPS) is 10.8. The molecule has 0 N–H and O–H groups in total. The van der Waals surface area contributed by atoms with Crippen LogP contribution in [0.4, 0.5) is 4.39 Å². The van der Waals surface area contributed by atoms with Crippen molar-refractivity contribution in [1.29, 1.82) is 0 Å². The average Bonchev–Trinajstić information content (AvgIpc) is 3.25. The lowest BCUT2D eigenvalue weighted by Gasteiger charge is -2.14. The predicted molar refractivity (Wildman–Crippen MR) is 126 cm³/mol. The number of aryl methyl sites for hydroxylation is 1. The molecule has 3 aromatic carbocycles. The largest absolute Gasteiger partial charge is 0.493 e. The first-order valence-electron chi connectivity index (χ1n) is 10.3. The SMILES string of the molecule is COc1cc(C)c(CSc2nnc(COc3ccccc3F)n2-c2ccccc2)cc1OC. The van der Waals surface area contributed by atoms with E-state index in [9.17, 15) is 4.39 Å². The number of hydrogen-bond acceptors (Lipinski definition) is 6. The fourth-order valence-electron chi connectivity index (χ4n) is 3.35. The summed E-state index contributed by atoms with van der Waals surface area (Å²) in [6.07, 6.45) is 0. The van der Waals surface area contributed by atoms with E-state index in [0.29, 0.717) is 28.2 Å². The lowest BCUT2D eigenvalue weighted by Crippen LogP contribution is -2.07. The first kappa shape index (κ1) is 22.7. The Labute approximate surface area is 196 Å². The molecule has 0 spiro atoms. The zero-order valence-electron chi connectivity index (χ0n) is 18.6. The molecule has 4 rings (SSSR count). The molecule has 0 saturated heterocycles. The molecule has 1 aromatic heterocycles. The summed E-state index contributed by atoms with van der Waals surface area (Å²) in [5.74, 6) is 2.38. The van der Waals surface area contributed by atoms with Crippen molar-refractivity contribution in [2.45, 2.75) is 24.4 Å². The fraction of sp³-hybridized carbons (Fsp3) is 0.200. The van der Waals surface area contributed by atoms with Gasteiger partial charge in [-0.2, -0.15) is 0 Å². The van der Waals surface area contributed by atoms with Crippen molar-refractivity contribution in [2.24, 2.45) is 0 Å². The number of benzene rings is 3. The Morgan fingerprint density at radius 3 is 2.30 bits per heavy atom. The molecule has 0 saturated carbocycles. The van der Waals surface area contributed by atoms with Gasteiger partial charge in [-0.1, -0.05) is 42.1 Å². The van der Waals surface area contributed by atoms with Crippen LogP contribution in [0.15, 0.2) is 71.9 Å². The van der Waals surface area contributed by atoms with Crippen LogP contribution in [0.25, 0.3) is 5.69 Å². The molecule has 33 heavy (non-hydrogen) atoms. The van der Waals surface area contributed by atoms with Gasteiger partial charge in [0.05, 0.1) is 14.2 Å². The van der Waals surface area contributed by atoms with Crippen LogP contribution >= 0.6 is 11.8 Å². The highest BCUT2D eigenvalue weighted by Crippen LogP contribution is 2.34. The number of thioether (sulfide) groups is 1. The van der Waals surface area contributed by atoms with Gasteiger partial charge in [-0.15, -0.1) is 10.2 Å². The quantitative estimate of drug-likeness (QED) is 0.300. The van der Waals surface area contributed by atoms with Crippen molar-refractivity contribution >= 4 is 11.8 Å². The van der Waals surface area contributed by atoms with Gasteiger partial charge in [0.15, 0.2) is 34.0 Å². The van der Waals surface area contributed by atoms with Gasteiger partial charge in [0.25, 0.3) is 0 Å². The van der Waals surface area contributed by atoms with Crippen molar-refractivity contribution in [2.75, 3.05) is 14.2 Å². The molecule has 0 aliphatic carbocycles. The lowest BCUT2D eigenvalue weighted by atomic mass is 10.1. The van der Waals surface area contributed by atoms with Crippen LogP contribution < -0.4 is 14.2 Å². The number of nitrogens with zero attached hydrogens (tertiary/aromatic N) is 3. The van der Waals surface area contributed by atoms with Crippen molar-refractivity contribution in [3.63, 3.8) is 0 Å². The number of hydrogen-bond donors (Lipinski definition) is 0. The number of methoxy groups -OCH3 is 2. The van der Waals surface area contributed by atoms with Gasteiger partial charge in [-0.3, -0.25) is 4.57 Å². The molecule has 0 bridgehead atoms. The Hall–Kier alpha value is -3.52. The second kappa shape index (κ2) is 10.4. The third-order valence-corrected chi connectivity index (χ3v) is 6.08. The smallest absolute Gasteiger partial charge is 0.196 e. The summed E-state index contributed by atoms with van der Waals surface area (Å²) in [7, 11) is 3.25. The minimum atomic E-state index is -0.415. The monoisotopic (exact) mass is 465 g/mol. The number of halogens is 1. The summed E-state index contributed by atoms with van der Waals surface area (Å²) in [5.41, 5.74) is 3.10. The molecule has 0 aliphatic heterocycles. The zero-order chi connectivity index (χ0) is 23.2. The first-order chi connectivity index (χ1) is 16.1. The van der Waals surface area contributed by atoms with Gasteiger partial charge in [0, 0.05) is 11.4 Å². The number of ether oxygens (including phenoxy) is 3. The fourth-order valence-corrected chi connectivity index (χ4v) is 4.38. The van der Waals surface area contributed by atoms with Gasteiger partial charge in [-0.05, 0) is 54.4 Å². The second-order valence-corrected chi connectivity index (χ2v) is 8.15. The van der Waals surface area contributed by atoms with Gasteiger partial charge >= 0.3 is 0 Å². The highest BCUT2D eigenvalue weighted by Gasteiger charge is 2.17. The van der Waals surface area contributed by atoms with E-state index in [1.54, 1.807) is 44.2 Å². The third-order valence-electron chi connectivity index (χ3n) is 5.11. The summed E-state index contributed by atoms with van der Waals surface area (Å²) >= 11 is 1.55. The maximum Gasteiger partial charge on any atom is 0.196 e. The Morgan fingerprint density at radius 2 is 1.58 bits per heavy atom. The second-order valence-electron chi connectivity index (χ2n) is 7.21. The summed E-state index contributed by atoms with van der Waals surface area (Å²) in [4.78, 5) is 0. The van der Waals surface area contributed by atoms with Crippen LogP contribution in [-0.4, -0.2) is 29.0 Å². The van der Waals surface area contributed by atoms with Crippen LogP contribution in [0, 0.1) is 12.7 Å². The van der Waals surface area contributed by atoms with E-state index in [1.165, 1.54) is 6.07 Å². The Balaban J connectivity index is 1.60. The molecular formula is C25H24FN3O3S. The molecule has 8 heteroatoms. The minimum Gasteiger partial charge on any atom is -0.493 e. The van der Waals surface area contributed by atoms with Gasteiger partial charge in [-0.25, -0.2) is 4.39 Å². The summed E-state index contributed by atoms with van der Waals surface area (Å²) < 4.78 is 32.5. The van der Waals surface area contributed by atoms with Crippen LogP contribution in [0.2, 0.25) is 0 Å². The van der Waals surface area contributed by atoms with E-state index in [1.807, 2.05) is 54.0 Å². The van der Waals surface area contributed by atoms with Gasteiger partial charge in [0.2, 0.25) is 0 Å².